The summed E-state index contributed by atoms with van der Waals surface area (Å²) in [5.41, 5.74) is 0.271. The fraction of sp³-hybridized carbons (Fsp3) is 0.333. The maximum atomic E-state index is 11.9. The molecule has 106 valence electrons. The molecule has 0 N–H and O–H groups in total. The van der Waals surface area contributed by atoms with E-state index in [4.69, 9.17) is 0 Å². The van der Waals surface area contributed by atoms with E-state index in [1.165, 1.54) is 24.1 Å². The number of hydrogen-bond donors (Lipinski definition) is 0. The predicted octanol–water partition coefficient (Wildman–Crippen LogP) is 1.88. The van der Waals surface area contributed by atoms with E-state index in [0.29, 0.717) is 10.2 Å². The molecule has 0 aromatic heterocycles. The van der Waals surface area contributed by atoms with Crippen molar-refractivity contribution in [2.45, 2.75) is 6.42 Å². The van der Waals surface area contributed by atoms with Gasteiger partial charge in [0.25, 0.3) is 5.69 Å². The van der Waals surface area contributed by atoms with Crippen LogP contribution in [0.4, 0.5) is 11.4 Å². The summed E-state index contributed by atoms with van der Waals surface area (Å²) in [5, 5.41) is 10.9. The van der Waals surface area contributed by atoms with Crippen LogP contribution in [0.5, 0.6) is 0 Å². The van der Waals surface area contributed by atoms with Crippen molar-refractivity contribution >= 4 is 39.2 Å². The van der Waals surface area contributed by atoms with Gasteiger partial charge in [0.15, 0.2) is 0 Å². The Kier molecular flexibility index (Phi) is 4.03. The largest absolute Gasteiger partial charge is 0.469 e. The van der Waals surface area contributed by atoms with Crippen LogP contribution in [0.1, 0.15) is 6.42 Å². The molecule has 1 heterocycles. The maximum absolute atomic E-state index is 11.9. The summed E-state index contributed by atoms with van der Waals surface area (Å²) in [7, 11) is 1.26. The summed E-state index contributed by atoms with van der Waals surface area (Å²) in [5.74, 6) is -1.24. The van der Waals surface area contributed by atoms with Gasteiger partial charge < -0.3 is 9.64 Å². The molecule has 0 aliphatic carbocycles. The van der Waals surface area contributed by atoms with Crippen LogP contribution in [-0.4, -0.2) is 30.5 Å². The van der Waals surface area contributed by atoms with E-state index >= 15 is 0 Å². The Bertz CT molecular complexity index is 589. The third kappa shape index (κ3) is 2.64. The quantitative estimate of drug-likeness (QED) is 0.475. The number of nitro groups is 1. The highest BCUT2D eigenvalue weighted by Gasteiger charge is 2.36. The number of nitrogens with zero attached hydrogens (tertiary/aromatic N) is 2. The predicted molar refractivity (Wildman–Crippen MR) is 73.3 cm³/mol. The Morgan fingerprint density at radius 1 is 1.55 bits per heavy atom. The molecule has 1 aromatic rings. The molecular formula is C12H11BrN2O5. The summed E-state index contributed by atoms with van der Waals surface area (Å²) in [6.07, 6.45) is 0.0521. The minimum atomic E-state index is -0.536. The van der Waals surface area contributed by atoms with E-state index in [1.807, 2.05) is 0 Å². The zero-order valence-corrected chi connectivity index (χ0v) is 12.1. The summed E-state index contributed by atoms with van der Waals surface area (Å²) in [4.78, 5) is 35.1. The van der Waals surface area contributed by atoms with Gasteiger partial charge in [-0.25, -0.2) is 0 Å². The smallest absolute Gasteiger partial charge is 0.311 e. The lowest BCUT2D eigenvalue weighted by molar-refractivity contribution is -0.385. The zero-order valence-electron chi connectivity index (χ0n) is 10.5. The van der Waals surface area contributed by atoms with Crippen LogP contribution in [0.25, 0.3) is 0 Å². The Morgan fingerprint density at radius 3 is 2.85 bits per heavy atom. The highest BCUT2D eigenvalue weighted by atomic mass is 79.9. The third-order valence-electron chi connectivity index (χ3n) is 3.10. The molecule has 0 radical (unpaired) electrons. The first-order valence-corrected chi connectivity index (χ1v) is 6.55. The Hall–Kier alpha value is -1.96. The van der Waals surface area contributed by atoms with E-state index in [1.54, 1.807) is 6.07 Å². The van der Waals surface area contributed by atoms with Crippen molar-refractivity contribution in [2.75, 3.05) is 18.6 Å². The molecule has 1 fully saturated rings. The molecule has 1 atom stereocenters. The van der Waals surface area contributed by atoms with Gasteiger partial charge >= 0.3 is 5.97 Å². The van der Waals surface area contributed by atoms with Gasteiger partial charge in [-0.1, -0.05) is 0 Å². The van der Waals surface area contributed by atoms with Gasteiger partial charge in [0.05, 0.1) is 28.1 Å². The van der Waals surface area contributed by atoms with Gasteiger partial charge in [-0.2, -0.15) is 0 Å². The van der Waals surface area contributed by atoms with Crippen molar-refractivity contribution in [3.8, 4) is 0 Å². The number of halogens is 1. The highest BCUT2D eigenvalue weighted by Crippen LogP contribution is 2.32. The molecule has 1 aliphatic rings. The highest BCUT2D eigenvalue weighted by molar-refractivity contribution is 9.10. The van der Waals surface area contributed by atoms with Crippen LogP contribution < -0.4 is 4.90 Å². The number of ether oxygens (including phenoxy) is 1. The minimum Gasteiger partial charge on any atom is -0.469 e. The third-order valence-corrected chi connectivity index (χ3v) is 3.77. The molecule has 0 bridgehead atoms. The molecule has 1 aromatic carbocycles. The molecular weight excluding hydrogens is 332 g/mol. The number of hydrogen-bond acceptors (Lipinski definition) is 5. The second kappa shape index (κ2) is 5.58. The molecule has 20 heavy (non-hydrogen) atoms. The van der Waals surface area contributed by atoms with Gasteiger partial charge in [-0.3, -0.25) is 19.7 Å². The number of benzene rings is 1. The lowest BCUT2D eigenvalue weighted by Crippen LogP contribution is -2.26. The van der Waals surface area contributed by atoms with Crippen molar-refractivity contribution in [3.63, 3.8) is 0 Å². The molecule has 1 amide bonds. The summed E-state index contributed by atoms with van der Waals surface area (Å²) < 4.78 is 4.95. The SMILES string of the molecule is COC(=O)C1CC(=O)N(c2ccc(Br)c([N+](=O)[O-])c2)C1. The van der Waals surface area contributed by atoms with E-state index in [-0.39, 0.29) is 24.6 Å². The lowest BCUT2D eigenvalue weighted by atomic mass is 10.1. The monoisotopic (exact) mass is 342 g/mol. The summed E-state index contributed by atoms with van der Waals surface area (Å²) in [6, 6.07) is 4.41. The fourth-order valence-electron chi connectivity index (χ4n) is 2.09. The van der Waals surface area contributed by atoms with E-state index < -0.39 is 16.8 Å². The van der Waals surface area contributed by atoms with Crippen LogP contribution in [0, 0.1) is 16.0 Å². The van der Waals surface area contributed by atoms with Crippen molar-refractivity contribution in [3.05, 3.63) is 32.8 Å². The van der Waals surface area contributed by atoms with Crippen molar-refractivity contribution in [1.82, 2.24) is 0 Å². The number of methoxy groups -OCH3 is 1. The molecule has 8 heteroatoms. The van der Waals surface area contributed by atoms with E-state index in [2.05, 4.69) is 20.7 Å². The number of anilines is 1. The van der Waals surface area contributed by atoms with Crippen LogP contribution in [0.15, 0.2) is 22.7 Å². The number of carbonyl (C=O) groups excluding carboxylic acids is 2. The second-order valence-corrected chi connectivity index (χ2v) is 5.18. The van der Waals surface area contributed by atoms with Crippen molar-refractivity contribution in [2.24, 2.45) is 5.92 Å². The summed E-state index contributed by atoms with van der Waals surface area (Å²) in [6.45, 7) is 0.171. The molecule has 2 rings (SSSR count). The molecule has 1 saturated heterocycles. The minimum absolute atomic E-state index is 0.0521. The van der Waals surface area contributed by atoms with Crippen LogP contribution in [0.2, 0.25) is 0 Å². The fourth-order valence-corrected chi connectivity index (χ4v) is 2.48. The van der Waals surface area contributed by atoms with Gasteiger partial charge in [-0.15, -0.1) is 0 Å². The van der Waals surface area contributed by atoms with Crippen LogP contribution in [-0.2, 0) is 14.3 Å². The van der Waals surface area contributed by atoms with Crippen LogP contribution in [0.3, 0.4) is 0 Å². The Balaban J connectivity index is 2.28. The second-order valence-electron chi connectivity index (χ2n) is 4.32. The number of esters is 1. The van der Waals surface area contributed by atoms with Gasteiger partial charge in [0.1, 0.15) is 0 Å². The Labute approximate surface area is 122 Å². The van der Waals surface area contributed by atoms with Gasteiger partial charge in [0, 0.05) is 19.0 Å². The zero-order chi connectivity index (χ0) is 14.9. The van der Waals surface area contributed by atoms with Crippen molar-refractivity contribution in [1.29, 1.82) is 0 Å². The maximum Gasteiger partial charge on any atom is 0.311 e. The first-order chi connectivity index (χ1) is 9.43. The number of amides is 1. The topological polar surface area (TPSA) is 89.8 Å². The molecule has 1 unspecified atom stereocenters. The number of nitro benzene ring substituents is 1. The number of carbonyl (C=O) groups is 2. The first-order valence-electron chi connectivity index (χ1n) is 5.76. The molecule has 7 nitrogen and oxygen atoms in total. The van der Waals surface area contributed by atoms with Crippen LogP contribution >= 0.6 is 15.9 Å². The van der Waals surface area contributed by atoms with E-state index in [0.717, 1.165) is 0 Å². The first kappa shape index (κ1) is 14.4. The molecule has 0 saturated carbocycles. The van der Waals surface area contributed by atoms with Gasteiger partial charge in [0.2, 0.25) is 5.91 Å². The van der Waals surface area contributed by atoms with Gasteiger partial charge in [-0.05, 0) is 28.1 Å². The lowest BCUT2D eigenvalue weighted by Gasteiger charge is -2.16. The average molecular weight is 343 g/mol. The molecule has 1 aliphatic heterocycles. The van der Waals surface area contributed by atoms with E-state index in [9.17, 15) is 19.7 Å². The average Bonchev–Trinajstić information content (AvgIpc) is 2.80. The van der Waals surface area contributed by atoms with Crippen molar-refractivity contribution < 1.29 is 19.2 Å². The Morgan fingerprint density at radius 2 is 2.25 bits per heavy atom. The molecule has 0 spiro atoms. The standard InChI is InChI=1S/C12H11BrN2O5/c1-20-12(17)7-4-11(16)14(6-7)8-2-3-9(13)10(5-8)15(18)19/h2-3,5,7H,4,6H2,1H3. The normalized spacial score (nSPS) is 18.2. The summed E-state index contributed by atoms with van der Waals surface area (Å²) >= 11 is 3.08. The number of rotatable bonds is 3.